The Kier molecular flexibility index (Phi) is 6.36. The highest BCUT2D eigenvalue weighted by Gasteiger charge is 2.45. The van der Waals surface area contributed by atoms with Gasteiger partial charge >= 0.3 is 5.97 Å². The van der Waals surface area contributed by atoms with Crippen LogP contribution in [0.25, 0.3) is 21.9 Å². The lowest BCUT2D eigenvalue weighted by atomic mass is 9.89. The van der Waals surface area contributed by atoms with Gasteiger partial charge in [0.05, 0.1) is 26.4 Å². The molecule has 0 aromatic heterocycles. The van der Waals surface area contributed by atoms with Crippen LogP contribution >= 0.6 is 0 Å². The van der Waals surface area contributed by atoms with Crippen LogP contribution in [0, 0.1) is 0 Å². The molecule has 1 fully saturated rings. The number of aliphatic hydroxyl groups is 4. The normalized spacial score (nSPS) is 25.4. The molecular formula is C27H26O12. The van der Waals surface area contributed by atoms with Gasteiger partial charge in [-0.1, -0.05) is 6.07 Å². The zero-order chi connectivity index (χ0) is 27.4. The van der Waals surface area contributed by atoms with E-state index in [0.29, 0.717) is 50.5 Å². The molecule has 3 heterocycles. The van der Waals surface area contributed by atoms with Gasteiger partial charge in [0.25, 0.3) is 0 Å². The zero-order valence-electron chi connectivity index (χ0n) is 20.9. The number of hydrogen-bond donors (Lipinski definition) is 4. The second-order valence-electron chi connectivity index (χ2n) is 9.27. The molecule has 6 rings (SSSR count). The van der Waals surface area contributed by atoms with E-state index < -0.39 is 43.3 Å². The van der Waals surface area contributed by atoms with Crippen molar-refractivity contribution < 1.29 is 58.4 Å². The standard InChI is InChI=1S/C27H26O12/c1-33-16-6-12-13(7-17(16)34-2)25(39-27-24(31)23(30)22(29)19(8-28)38-27)14-9-35-26(32)21(14)20(12)11-3-4-15-18(5-11)37-10-36-15/h3-7,19,22-24,27-31H,8-10H2,1-2H3/t19-,22-,23+,24-,27+/m1/s1. The van der Waals surface area contributed by atoms with Crippen LogP contribution in [0.1, 0.15) is 15.9 Å². The van der Waals surface area contributed by atoms with Crippen molar-refractivity contribution in [1.82, 2.24) is 0 Å². The fraction of sp³-hybridized carbons (Fsp3) is 0.370. The van der Waals surface area contributed by atoms with Crippen LogP contribution in [0.3, 0.4) is 0 Å². The van der Waals surface area contributed by atoms with E-state index in [1.807, 2.05) is 0 Å². The Bertz CT molecular complexity index is 1450. The summed E-state index contributed by atoms with van der Waals surface area (Å²) >= 11 is 0. The van der Waals surface area contributed by atoms with Gasteiger partial charge in [-0.2, -0.15) is 0 Å². The number of rotatable bonds is 6. The van der Waals surface area contributed by atoms with Crippen molar-refractivity contribution in [3.8, 4) is 39.9 Å². The number of aliphatic hydroxyl groups excluding tert-OH is 4. The fourth-order valence-electron chi connectivity index (χ4n) is 5.18. The third-order valence-corrected chi connectivity index (χ3v) is 7.16. The summed E-state index contributed by atoms with van der Waals surface area (Å²) in [7, 11) is 2.96. The molecule has 0 spiro atoms. The number of carbonyl (C=O) groups is 1. The molecule has 0 unspecified atom stereocenters. The zero-order valence-corrected chi connectivity index (χ0v) is 20.9. The van der Waals surface area contributed by atoms with E-state index >= 15 is 0 Å². The van der Waals surface area contributed by atoms with Gasteiger partial charge in [-0.15, -0.1) is 0 Å². The summed E-state index contributed by atoms with van der Waals surface area (Å²) in [6, 6.07) is 8.66. The van der Waals surface area contributed by atoms with Gasteiger partial charge in [0, 0.05) is 16.5 Å². The second kappa shape index (κ2) is 9.74. The minimum atomic E-state index is -1.67. The smallest absolute Gasteiger partial charge is 0.339 e. The summed E-state index contributed by atoms with van der Waals surface area (Å²) in [4.78, 5) is 13.1. The summed E-state index contributed by atoms with van der Waals surface area (Å²) in [5.74, 6) is 1.39. The van der Waals surface area contributed by atoms with Crippen LogP contribution in [-0.2, 0) is 16.1 Å². The molecule has 3 aliphatic heterocycles. The van der Waals surface area contributed by atoms with Crippen molar-refractivity contribution in [2.45, 2.75) is 37.3 Å². The van der Waals surface area contributed by atoms with E-state index in [9.17, 15) is 25.2 Å². The first-order chi connectivity index (χ1) is 18.9. The van der Waals surface area contributed by atoms with Crippen LogP contribution < -0.4 is 23.7 Å². The molecule has 4 N–H and O–H groups in total. The predicted molar refractivity (Wildman–Crippen MR) is 132 cm³/mol. The van der Waals surface area contributed by atoms with Crippen molar-refractivity contribution in [1.29, 1.82) is 0 Å². The molecule has 0 bridgehead atoms. The van der Waals surface area contributed by atoms with Crippen LogP contribution in [0.15, 0.2) is 30.3 Å². The summed E-state index contributed by atoms with van der Waals surface area (Å²) in [6.45, 7) is -0.682. The van der Waals surface area contributed by atoms with E-state index in [-0.39, 0.29) is 24.7 Å². The first-order valence-corrected chi connectivity index (χ1v) is 12.1. The second-order valence-corrected chi connectivity index (χ2v) is 9.27. The molecule has 12 heteroatoms. The van der Waals surface area contributed by atoms with Gasteiger partial charge in [0.15, 0.2) is 23.0 Å². The lowest BCUT2D eigenvalue weighted by Gasteiger charge is -2.39. The van der Waals surface area contributed by atoms with Crippen molar-refractivity contribution in [3.63, 3.8) is 0 Å². The largest absolute Gasteiger partial charge is 0.493 e. The molecule has 3 aliphatic rings. The molecule has 3 aromatic carbocycles. The van der Waals surface area contributed by atoms with Crippen LogP contribution in [-0.4, -0.2) is 84.7 Å². The number of hydrogen-bond acceptors (Lipinski definition) is 12. The van der Waals surface area contributed by atoms with Gasteiger partial charge < -0.3 is 53.6 Å². The van der Waals surface area contributed by atoms with Crippen molar-refractivity contribution in [2.24, 2.45) is 0 Å². The molecule has 206 valence electrons. The maximum Gasteiger partial charge on any atom is 0.339 e. The van der Waals surface area contributed by atoms with E-state index in [4.69, 9.17) is 33.2 Å². The Morgan fingerprint density at radius 1 is 0.872 bits per heavy atom. The van der Waals surface area contributed by atoms with Gasteiger partial charge in [0.2, 0.25) is 13.1 Å². The summed E-state index contributed by atoms with van der Waals surface area (Å²) in [6.07, 6.45) is -7.56. The number of benzene rings is 3. The SMILES string of the molecule is COc1cc2c(O[C@@H]3O[C@H](CO)[C@@H](O)[C@H](O)[C@H]3O)c3c(c(-c4ccc5c(c4)OCO5)c2cc1OC)C(=O)OC3. The molecule has 0 radical (unpaired) electrons. The van der Waals surface area contributed by atoms with Crippen molar-refractivity contribution in [2.75, 3.05) is 27.6 Å². The number of esters is 1. The molecule has 12 nitrogen and oxygen atoms in total. The van der Waals surface area contributed by atoms with E-state index in [2.05, 4.69) is 0 Å². The monoisotopic (exact) mass is 542 g/mol. The topological polar surface area (TPSA) is 163 Å². The Balaban J connectivity index is 1.59. The van der Waals surface area contributed by atoms with Gasteiger partial charge in [-0.3, -0.25) is 0 Å². The number of cyclic esters (lactones) is 1. The molecule has 0 saturated carbocycles. The average Bonchev–Trinajstić information content (AvgIpc) is 3.58. The highest BCUT2D eigenvalue weighted by molar-refractivity contribution is 6.14. The van der Waals surface area contributed by atoms with Crippen LogP contribution in [0.2, 0.25) is 0 Å². The molecule has 39 heavy (non-hydrogen) atoms. The predicted octanol–water partition coefficient (Wildman–Crippen LogP) is 1.10. The van der Waals surface area contributed by atoms with Crippen molar-refractivity contribution >= 4 is 16.7 Å². The number of ether oxygens (including phenoxy) is 7. The first kappa shape index (κ1) is 25.5. The molecule has 0 amide bonds. The van der Waals surface area contributed by atoms with Gasteiger partial charge in [0.1, 0.15) is 36.8 Å². The van der Waals surface area contributed by atoms with Gasteiger partial charge in [-0.25, -0.2) is 4.79 Å². The Labute approximate surface area is 221 Å². The van der Waals surface area contributed by atoms with Gasteiger partial charge in [-0.05, 0) is 35.2 Å². The third-order valence-electron chi connectivity index (χ3n) is 7.16. The van der Waals surface area contributed by atoms with E-state index in [1.54, 1.807) is 30.3 Å². The Morgan fingerprint density at radius 3 is 2.31 bits per heavy atom. The lowest BCUT2D eigenvalue weighted by molar-refractivity contribution is -0.277. The third kappa shape index (κ3) is 3.99. The van der Waals surface area contributed by atoms with E-state index in [1.165, 1.54) is 14.2 Å². The van der Waals surface area contributed by atoms with Crippen LogP contribution in [0.4, 0.5) is 0 Å². The minimum Gasteiger partial charge on any atom is -0.493 e. The Hall–Kier alpha value is -3.81. The lowest BCUT2D eigenvalue weighted by Crippen LogP contribution is -2.60. The number of methoxy groups -OCH3 is 2. The highest BCUT2D eigenvalue weighted by atomic mass is 16.7. The maximum absolute atomic E-state index is 13.1. The summed E-state index contributed by atoms with van der Waals surface area (Å²) in [5, 5.41) is 41.8. The van der Waals surface area contributed by atoms with Crippen molar-refractivity contribution in [3.05, 3.63) is 41.5 Å². The minimum absolute atomic E-state index is 0.0799. The van der Waals surface area contributed by atoms with E-state index in [0.717, 1.165) is 0 Å². The quantitative estimate of drug-likeness (QED) is 0.329. The molecule has 3 aromatic rings. The summed E-state index contributed by atoms with van der Waals surface area (Å²) in [5.41, 5.74) is 1.78. The maximum atomic E-state index is 13.1. The number of fused-ring (bicyclic) bond motifs is 3. The molecule has 5 atom stereocenters. The molecular weight excluding hydrogens is 516 g/mol. The van der Waals surface area contributed by atoms with Crippen LogP contribution in [0.5, 0.6) is 28.7 Å². The summed E-state index contributed by atoms with van der Waals surface area (Å²) < 4.78 is 39.2. The highest BCUT2D eigenvalue weighted by Crippen LogP contribution is 2.49. The first-order valence-electron chi connectivity index (χ1n) is 12.1. The molecule has 0 aliphatic carbocycles. The molecule has 1 saturated heterocycles. The number of carbonyl (C=O) groups excluding carboxylic acids is 1. The fourth-order valence-corrected chi connectivity index (χ4v) is 5.18. The average molecular weight is 542 g/mol. The Morgan fingerprint density at radius 2 is 1.59 bits per heavy atom.